The van der Waals surface area contributed by atoms with Crippen LogP contribution in [0, 0.1) is 5.92 Å². The molecule has 3 rings (SSSR count). The molecular weight excluding hydrogens is 270 g/mol. The Morgan fingerprint density at radius 1 is 1.20 bits per heavy atom. The second-order valence-electron chi connectivity index (χ2n) is 4.75. The summed E-state index contributed by atoms with van der Waals surface area (Å²) in [5.41, 5.74) is 1.02. The van der Waals surface area contributed by atoms with Crippen molar-refractivity contribution in [2.45, 2.75) is 19.3 Å². The summed E-state index contributed by atoms with van der Waals surface area (Å²) >= 11 is 1.41. The number of hydrogen-bond donors (Lipinski definition) is 1. The molecule has 0 aliphatic heterocycles. The summed E-state index contributed by atoms with van der Waals surface area (Å²) in [5, 5.41) is 12.4. The number of anilines is 1. The highest BCUT2D eigenvalue weighted by atomic mass is 32.1. The van der Waals surface area contributed by atoms with E-state index < -0.39 is 0 Å². The summed E-state index contributed by atoms with van der Waals surface area (Å²) in [4.78, 5) is 12.1. The molecule has 4 nitrogen and oxygen atoms in total. The number of hydrogen-bond acceptors (Lipinski definition) is 4. The lowest BCUT2D eigenvalue weighted by molar-refractivity contribution is -0.120. The maximum atomic E-state index is 12.1. The van der Waals surface area contributed by atoms with Crippen molar-refractivity contribution >= 4 is 22.4 Å². The van der Waals surface area contributed by atoms with Gasteiger partial charge < -0.3 is 5.32 Å². The van der Waals surface area contributed by atoms with E-state index in [1.54, 1.807) is 0 Å². The molecule has 102 valence electrons. The van der Waals surface area contributed by atoms with Crippen molar-refractivity contribution in [3.05, 3.63) is 42.5 Å². The monoisotopic (exact) mass is 285 g/mol. The molecule has 0 saturated carbocycles. The van der Waals surface area contributed by atoms with Gasteiger partial charge in [-0.25, -0.2) is 0 Å². The van der Waals surface area contributed by atoms with E-state index in [2.05, 4.69) is 27.7 Å². The third-order valence-electron chi connectivity index (χ3n) is 3.32. The normalized spacial score (nSPS) is 17.9. The first-order valence-corrected chi connectivity index (χ1v) is 7.49. The van der Waals surface area contributed by atoms with E-state index >= 15 is 0 Å². The summed E-state index contributed by atoms with van der Waals surface area (Å²) in [6.07, 6.45) is 6.90. The Labute approximate surface area is 121 Å². The quantitative estimate of drug-likeness (QED) is 0.878. The predicted octanol–water partition coefficient (Wildman–Crippen LogP) is 3.50. The predicted molar refractivity (Wildman–Crippen MR) is 80.5 cm³/mol. The average molecular weight is 285 g/mol. The lowest BCUT2D eigenvalue weighted by Gasteiger charge is -2.15. The van der Waals surface area contributed by atoms with Crippen LogP contribution in [0.1, 0.15) is 19.3 Å². The molecule has 2 aromatic rings. The standard InChI is InChI=1S/C15H15N3OS/c19-13(11-7-3-1-4-8-11)16-15-18-17-14(20-15)12-9-5-2-6-10-12/h1-3,5-6,9-11H,4,7-8H2,(H,16,18,19). The van der Waals surface area contributed by atoms with Gasteiger partial charge in [0.05, 0.1) is 0 Å². The zero-order chi connectivity index (χ0) is 13.8. The van der Waals surface area contributed by atoms with Crippen molar-refractivity contribution in [2.24, 2.45) is 5.92 Å². The molecule has 1 aliphatic carbocycles. The Morgan fingerprint density at radius 3 is 2.80 bits per heavy atom. The number of nitrogens with one attached hydrogen (secondary N) is 1. The highest BCUT2D eigenvalue weighted by Crippen LogP contribution is 2.27. The van der Waals surface area contributed by atoms with Gasteiger partial charge in [0.15, 0.2) is 0 Å². The molecule has 0 fully saturated rings. The van der Waals surface area contributed by atoms with Crippen LogP contribution in [0.15, 0.2) is 42.5 Å². The summed E-state index contributed by atoms with van der Waals surface area (Å²) in [5.74, 6) is 0.106. The zero-order valence-corrected chi connectivity index (χ0v) is 11.8. The smallest absolute Gasteiger partial charge is 0.229 e. The summed E-state index contributed by atoms with van der Waals surface area (Å²) in [6, 6.07) is 9.85. The molecule has 1 aliphatic rings. The largest absolute Gasteiger partial charge is 0.300 e. The van der Waals surface area contributed by atoms with Crippen LogP contribution in [0.3, 0.4) is 0 Å². The van der Waals surface area contributed by atoms with Gasteiger partial charge >= 0.3 is 0 Å². The Bertz CT molecular complexity index is 621. The molecule has 20 heavy (non-hydrogen) atoms. The Balaban J connectivity index is 1.68. The van der Waals surface area contributed by atoms with Crippen molar-refractivity contribution < 1.29 is 4.79 Å². The van der Waals surface area contributed by atoms with Gasteiger partial charge in [-0.3, -0.25) is 4.79 Å². The third kappa shape index (κ3) is 2.93. The van der Waals surface area contributed by atoms with Crippen molar-refractivity contribution in [1.82, 2.24) is 10.2 Å². The van der Waals surface area contributed by atoms with E-state index in [1.807, 2.05) is 30.3 Å². The highest BCUT2D eigenvalue weighted by Gasteiger charge is 2.20. The van der Waals surface area contributed by atoms with E-state index in [4.69, 9.17) is 0 Å². The van der Waals surface area contributed by atoms with Crippen molar-refractivity contribution in [2.75, 3.05) is 5.32 Å². The minimum Gasteiger partial charge on any atom is -0.300 e. The van der Waals surface area contributed by atoms with E-state index in [1.165, 1.54) is 11.3 Å². The lowest BCUT2D eigenvalue weighted by atomic mass is 9.94. The molecule has 1 atom stereocenters. The molecule has 1 heterocycles. The minimum absolute atomic E-state index is 0.0464. The van der Waals surface area contributed by atoms with Crippen LogP contribution in [0.2, 0.25) is 0 Å². The van der Waals surface area contributed by atoms with E-state index in [0.29, 0.717) is 5.13 Å². The van der Waals surface area contributed by atoms with Crippen molar-refractivity contribution in [3.8, 4) is 10.6 Å². The fourth-order valence-corrected chi connectivity index (χ4v) is 2.96. The first kappa shape index (κ1) is 13.0. The molecule has 0 radical (unpaired) electrons. The average Bonchev–Trinajstić information content (AvgIpc) is 2.97. The maximum absolute atomic E-state index is 12.1. The summed E-state index contributed by atoms with van der Waals surface area (Å²) in [6.45, 7) is 0. The summed E-state index contributed by atoms with van der Waals surface area (Å²) in [7, 11) is 0. The number of benzene rings is 1. The second kappa shape index (κ2) is 5.96. The Morgan fingerprint density at radius 2 is 2.05 bits per heavy atom. The topological polar surface area (TPSA) is 54.9 Å². The van der Waals surface area contributed by atoms with Crippen LogP contribution in [-0.2, 0) is 4.79 Å². The fraction of sp³-hybridized carbons (Fsp3) is 0.267. The number of nitrogens with zero attached hydrogens (tertiary/aromatic N) is 2. The van der Waals surface area contributed by atoms with Crippen molar-refractivity contribution in [3.63, 3.8) is 0 Å². The molecule has 0 spiro atoms. The lowest BCUT2D eigenvalue weighted by Crippen LogP contribution is -2.23. The number of allylic oxidation sites excluding steroid dienone is 2. The second-order valence-corrected chi connectivity index (χ2v) is 5.73. The SMILES string of the molecule is O=C(Nc1nnc(-c2ccccc2)s1)C1CC=CCC1. The molecule has 5 heteroatoms. The van der Waals surface area contributed by atoms with Crippen LogP contribution in [0.25, 0.3) is 10.6 Å². The van der Waals surface area contributed by atoms with Gasteiger partial charge in [-0.2, -0.15) is 0 Å². The van der Waals surface area contributed by atoms with Crippen LogP contribution in [0.4, 0.5) is 5.13 Å². The minimum atomic E-state index is 0.0464. The maximum Gasteiger partial charge on any atom is 0.229 e. The number of aromatic nitrogens is 2. The number of carbonyl (C=O) groups is 1. The molecule has 0 bridgehead atoms. The molecular formula is C15H15N3OS. The van der Waals surface area contributed by atoms with E-state index in [9.17, 15) is 4.79 Å². The van der Waals surface area contributed by atoms with Gasteiger partial charge in [-0.1, -0.05) is 53.8 Å². The summed E-state index contributed by atoms with van der Waals surface area (Å²) < 4.78 is 0. The molecule has 1 N–H and O–H groups in total. The first-order chi connectivity index (χ1) is 9.83. The number of carbonyl (C=O) groups excluding carboxylic acids is 1. The first-order valence-electron chi connectivity index (χ1n) is 6.68. The third-order valence-corrected chi connectivity index (χ3v) is 4.20. The van der Waals surface area contributed by atoms with Gasteiger partial charge in [0.25, 0.3) is 0 Å². The van der Waals surface area contributed by atoms with Gasteiger partial charge in [0.1, 0.15) is 5.01 Å². The zero-order valence-electron chi connectivity index (χ0n) is 11.0. The van der Waals surface area contributed by atoms with E-state index in [-0.39, 0.29) is 11.8 Å². The van der Waals surface area contributed by atoms with Crippen molar-refractivity contribution in [1.29, 1.82) is 0 Å². The van der Waals surface area contributed by atoms with E-state index in [0.717, 1.165) is 29.8 Å². The molecule has 1 aromatic carbocycles. The van der Waals surface area contributed by atoms with Crippen LogP contribution in [-0.4, -0.2) is 16.1 Å². The van der Waals surface area contributed by atoms with Gasteiger partial charge in [-0.05, 0) is 19.3 Å². The Kier molecular flexibility index (Phi) is 3.87. The van der Waals surface area contributed by atoms with Gasteiger partial charge in [0.2, 0.25) is 11.0 Å². The Hall–Kier alpha value is -2.01. The van der Waals surface area contributed by atoms with Gasteiger partial charge in [-0.15, -0.1) is 10.2 Å². The highest BCUT2D eigenvalue weighted by molar-refractivity contribution is 7.18. The van der Waals surface area contributed by atoms with Crippen LogP contribution < -0.4 is 5.32 Å². The number of rotatable bonds is 3. The van der Waals surface area contributed by atoms with Gasteiger partial charge in [0, 0.05) is 11.5 Å². The molecule has 1 unspecified atom stereocenters. The van der Waals surface area contributed by atoms with Crippen LogP contribution in [0.5, 0.6) is 0 Å². The molecule has 1 amide bonds. The molecule has 1 aromatic heterocycles. The van der Waals surface area contributed by atoms with Crippen LogP contribution >= 0.6 is 11.3 Å². The fourth-order valence-electron chi connectivity index (χ4n) is 2.21. The molecule has 0 saturated heterocycles. The number of amides is 1.